The third kappa shape index (κ3) is 6.65. The topological polar surface area (TPSA) is 12.0 Å². The van der Waals surface area contributed by atoms with Gasteiger partial charge in [0.05, 0.1) is 0 Å². The molecule has 1 heteroatoms. The highest BCUT2D eigenvalue weighted by Crippen LogP contribution is 2.23. The van der Waals surface area contributed by atoms with Crippen LogP contribution in [-0.4, -0.2) is 12.6 Å². The van der Waals surface area contributed by atoms with Crippen LogP contribution in [0.1, 0.15) is 71.9 Å². The van der Waals surface area contributed by atoms with Crippen LogP contribution in [0.3, 0.4) is 0 Å². The first kappa shape index (κ1) is 18.2. The van der Waals surface area contributed by atoms with Gasteiger partial charge in [-0.15, -0.1) is 0 Å². The molecule has 0 aliphatic rings. The van der Waals surface area contributed by atoms with Crippen LogP contribution < -0.4 is 5.32 Å². The Hall–Kier alpha value is -0.820. The zero-order valence-corrected chi connectivity index (χ0v) is 15.0. The van der Waals surface area contributed by atoms with Crippen LogP contribution in [0.25, 0.3) is 0 Å². The van der Waals surface area contributed by atoms with Gasteiger partial charge >= 0.3 is 0 Å². The summed E-state index contributed by atoms with van der Waals surface area (Å²) in [7, 11) is 0. The minimum absolute atomic E-state index is 0.245. The molecule has 0 spiro atoms. The summed E-state index contributed by atoms with van der Waals surface area (Å²) >= 11 is 0. The molecule has 2 atom stereocenters. The van der Waals surface area contributed by atoms with Crippen LogP contribution in [0.5, 0.6) is 0 Å². The van der Waals surface area contributed by atoms with Crippen molar-refractivity contribution in [3.8, 4) is 0 Å². The molecule has 1 aromatic carbocycles. The van der Waals surface area contributed by atoms with E-state index in [1.54, 1.807) is 0 Å². The van der Waals surface area contributed by atoms with Crippen LogP contribution >= 0.6 is 0 Å². The molecule has 1 N–H and O–H groups in total. The second-order valence-corrected chi connectivity index (χ2v) is 7.55. The molecule has 0 saturated heterocycles. The smallest absolute Gasteiger partial charge is 0.0110 e. The van der Waals surface area contributed by atoms with Gasteiger partial charge in [0.25, 0.3) is 0 Å². The van der Waals surface area contributed by atoms with Crippen molar-refractivity contribution in [3.63, 3.8) is 0 Å². The van der Waals surface area contributed by atoms with Gasteiger partial charge in [-0.1, -0.05) is 72.2 Å². The summed E-state index contributed by atoms with van der Waals surface area (Å²) in [6.07, 6.45) is 4.90. The van der Waals surface area contributed by atoms with Crippen molar-refractivity contribution in [2.24, 2.45) is 5.92 Å². The lowest BCUT2D eigenvalue weighted by molar-refractivity contribution is 0.391. The van der Waals surface area contributed by atoms with Gasteiger partial charge < -0.3 is 5.32 Å². The molecule has 0 amide bonds. The highest BCUT2D eigenvalue weighted by molar-refractivity contribution is 5.28. The minimum atomic E-state index is 0.245. The highest BCUT2D eigenvalue weighted by Gasteiger charge is 2.15. The van der Waals surface area contributed by atoms with E-state index in [0.717, 1.165) is 18.9 Å². The average Bonchev–Trinajstić information content (AvgIpc) is 2.44. The predicted molar refractivity (Wildman–Crippen MR) is 95.0 cm³/mol. The Morgan fingerprint density at radius 3 is 2.14 bits per heavy atom. The summed E-state index contributed by atoms with van der Waals surface area (Å²) in [5, 5.41) is 3.73. The maximum atomic E-state index is 3.73. The molecule has 1 nitrogen and oxygen atoms in total. The highest BCUT2D eigenvalue weighted by atomic mass is 14.9. The van der Waals surface area contributed by atoms with Crippen molar-refractivity contribution >= 4 is 0 Å². The summed E-state index contributed by atoms with van der Waals surface area (Å²) in [5.74, 6) is 0.799. The molecule has 1 aromatic rings. The van der Waals surface area contributed by atoms with Crippen molar-refractivity contribution in [2.45, 2.75) is 78.7 Å². The van der Waals surface area contributed by atoms with Crippen molar-refractivity contribution in [2.75, 3.05) is 6.54 Å². The number of benzene rings is 1. The predicted octanol–water partition coefficient (Wildman–Crippen LogP) is 5.33. The lowest BCUT2D eigenvalue weighted by atomic mass is 9.86. The molecule has 0 aromatic heterocycles. The van der Waals surface area contributed by atoms with E-state index in [-0.39, 0.29) is 5.41 Å². The zero-order chi connectivity index (χ0) is 15.9. The molecular formula is C20H35N. The fraction of sp³-hybridized carbons (Fsp3) is 0.700. The van der Waals surface area contributed by atoms with E-state index in [1.807, 2.05) is 0 Å². The van der Waals surface area contributed by atoms with Gasteiger partial charge in [0, 0.05) is 6.04 Å². The lowest BCUT2D eigenvalue weighted by Crippen LogP contribution is -2.33. The zero-order valence-electron chi connectivity index (χ0n) is 15.0. The summed E-state index contributed by atoms with van der Waals surface area (Å²) in [4.78, 5) is 0. The Bertz CT molecular complexity index is 385. The Balaban J connectivity index is 2.68. The Morgan fingerprint density at radius 1 is 1.05 bits per heavy atom. The minimum Gasteiger partial charge on any atom is -0.314 e. The normalized spacial score (nSPS) is 15.0. The van der Waals surface area contributed by atoms with E-state index in [9.17, 15) is 0 Å². The molecule has 120 valence electrons. The SMILES string of the molecule is CCCNC(Cc1ccc(C(C)(C)C)cc1)CC(C)CC. The maximum absolute atomic E-state index is 3.73. The second kappa shape index (κ2) is 8.58. The van der Waals surface area contributed by atoms with Crippen molar-refractivity contribution in [3.05, 3.63) is 35.4 Å². The van der Waals surface area contributed by atoms with Crippen LogP contribution in [0, 0.1) is 5.92 Å². The molecule has 0 aliphatic heterocycles. The molecular weight excluding hydrogens is 254 g/mol. The van der Waals surface area contributed by atoms with Gasteiger partial charge in [-0.05, 0) is 48.3 Å². The molecule has 21 heavy (non-hydrogen) atoms. The molecule has 0 heterocycles. The third-order valence-electron chi connectivity index (χ3n) is 4.37. The van der Waals surface area contributed by atoms with Crippen LogP contribution in [0.4, 0.5) is 0 Å². The van der Waals surface area contributed by atoms with Crippen LogP contribution in [0.15, 0.2) is 24.3 Å². The van der Waals surface area contributed by atoms with E-state index in [1.165, 1.54) is 30.4 Å². The number of rotatable bonds is 8. The van der Waals surface area contributed by atoms with Crippen LogP contribution in [0.2, 0.25) is 0 Å². The lowest BCUT2D eigenvalue weighted by Gasteiger charge is -2.23. The molecule has 1 rings (SSSR count). The Morgan fingerprint density at radius 2 is 1.67 bits per heavy atom. The van der Waals surface area contributed by atoms with Gasteiger partial charge in [-0.2, -0.15) is 0 Å². The molecule has 0 fully saturated rings. The van der Waals surface area contributed by atoms with Crippen molar-refractivity contribution in [1.82, 2.24) is 5.32 Å². The molecule has 0 aliphatic carbocycles. The Kier molecular flexibility index (Phi) is 7.45. The summed E-state index contributed by atoms with van der Waals surface area (Å²) in [6.45, 7) is 14.8. The fourth-order valence-electron chi connectivity index (χ4n) is 2.67. The molecule has 0 bridgehead atoms. The van der Waals surface area contributed by atoms with Crippen LogP contribution in [-0.2, 0) is 11.8 Å². The standard InChI is InChI=1S/C20H35N/c1-7-13-21-19(14-16(3)8-2)15-17-9-11-18(12-10-17)20(4,5)6/h9-12,16,19,21H,7-8,13-15H2,1-6H3. The quantitative estimate of drug-likeness (QED) is 0.682. The summed E-state index contributed by atoms with van der Waals surface area (Å²) < 4.78 is 0. The maximum Gasteiger partial charge on any atom is 0.0110 e. The molecule has 0 radical (unpaired) electrons. The Labute approximate surface area is 132 Å². The largest absolute Gasteiger partial charge is 0.314 e. The van der Waals surface area contributed by atoms with E-state index >= 15 is 0 Å². The average molecular weight is 290 g/mol. The van der Waals surface area contributed by atoms with Gasteiger partial charge in [-0.3, -0.25) is 0 Å². The number of hydrogen-bond donors (Lipinski definition) is 1. The van der Waals surface area contributed by atoms with E-state index in [0.29, 0.717) is 6.04 Å². The first-order valence-electron chi connectivity index (χ1n) is 8.69. The molecule has 0 saturated carbocycles. The van der Waals surface area contributed by atoms with E-state index in [4.69, 9.17) is 0 Å². The number of hydrogen-bond acceptors (Lipinski definition) is 1. The fourth-order valence-corrected chi connectivity index (χ4v) is 2.67. The molecule has 2 unspecified atom stereocenters. The van der Waals surface area contributed by atoms with E-state index in [2.05, 4.69) is 71.1 Å². The van der Waals surface area contributed by atoms with Gasteiger partial charge in [0.2, 0.25) is 0 Å². The summed E-state index contributed by atoms with van der Waals surface area (Å²) in [6, 6.07) is 9.85. The summed E-state index contributed by atoms with van der Waals surface area (Å²) in [5.41, 5.74) is 3.13. The van der Waals surface area contributed by atoms with Crippen molar-refractivity contribution < 1.29 is 0 Å². The monoisotopic (exact) mass is 289 g/mol. The first-order chi connectivity index (χ1) is 9.86. The van der Waals surface area contributed by atoms with Gasteiger partial charge in [-0.25, -0.2) is 0 Å². The third-order valence-corrected chi connectivity index (χ3v) is 4.37. The van der Waals surface area contributed by atoms with Crippen molar-refractivity contribution in [1.29, 1.82) is 0 Å². The van der Waals surface area contributed by atoms with Gasteiger partial charge in [0.1, 0.15) is 0 Å². The van der Waals surface area contributed by atoms with Gasteiger partial charge in [0.15, 0.2) is 0 Å². The van der Waals surface area contributed by atoms with E-state index < -0.39 is 0 Å². The first-order valence-corrected chi connectivity index (χ1v) is 8.69. The number of nitrogens with one attached hydrogen (secondary N) is 1. The second-order valence-electron chi connectivity index (χ2n) is 7.55.